The fourth-order valence-corrected chi connectivity index (χ4v) is 6.98. The summed E-state index contributed by atoms with van der Waals surface area (Å²) >= 11 is 21.9. The molecule has 1 aliphatic rings. The molecule has 0 atom stereocenters. The summed E-state index contributed by atoms with van der Waals surface area (Å²) in [6.07, 6.45) is 1.57. The normalized spacial score (nSPS) is 12.1. The van der Waals surface area contributed by atoms with E-state index in [9.17, 15) is 0 Å². The molecule has 0 aromatic heterocycles. The highest BCUT2D eigenvalue weighted by Crippen LogP contribution is 2.40. The molecule has 0 amide bonds. The Morgan fingerprint density at radius 2 is 0.521 bits per heavy atom. The Bertz CT molecular complexity index is 1630. The van der Waals surface area contributed by atoms with E-state index >= 15 is 0 Å². The average molecular weight is 717 g/mol. The zero-order valence-corrected chi connectivity index (χ0v) is 30.3. The smallest absolute Gasteiger partial charge is 0.125 e. The Balaban J connectivity index is 1.93. The van der Waals surface area contributed by atoms with Crippen molar-refractivity contribution < 1.29 is 18.9 Å². The fraction of sp³-hybridized carbons (Fsp3) is 0.222. The van der Waals surface area contributed by atoms with Gasteiger partial charge in [0.25, 0.3) is 0 Å². The highest BCUT2D eigenvalue weighted by atomic mass is 32.1. The van der Waals surface area contributed by atoms with Gasteiger partial charge in [-0.25, -0.2) is 0 Å². The summed E-state index contributed by atoms with van der Waals surface area (Å²) in [7, 11) is 6.56. The number of hydrogen-bond acceptors (Lipinski definition) is 8. The fourth-order valence-electron chi connectivity index (χ4n) is 6.51. The lowest BCUT2D eigenvalue weighted by Crippen LogP contribution is -2.15. The van der Waals surface area contributed by atoms with E-state index < -0.39 is 0 Å². The number of ether oxygens (including phenoxy) is 4. The summed E-state index contributed by atoms with van der Waals surface area (Å²) in [5, 5.41) is 0. The summed E-state index contributed by atoms with van der Waals surface area (Å²) < 4.78 is 24.4. The summed E-state index contributed by atoms with van der Waals surface area (Å²) in [5.74, 6) is 2.68. The molecule has 0 saturated heterocycles. The molecule has 0 fully saturated rings. The molecule has 5 rings (SSSR count). The Morgan fingerprint density at radius 1 is 0.375 bits per heavy atom. The maximum atomic E-state index is 6.22. The summed E-state index contributed by atoms with van der Waals surface area (Å²) in [6.45, 7) is 0. The van der Waals surface area contributed by atoms with Crippen molar-refractivity contribution in [3.05, 3.63) is 115 Å². The number of nitrogens with two attached hydrogens (primary N) is 4. The minimum absolute atomic E-state index is 0.253. The molecule has 0 saturated carbocycles. The van der Waals surface area contributed by atoms with E-state index in [1.807, 2.05) is 48.5 Å². The Labute approximate surface area is 301 Å². The lowest BCUT2D eigenvalue weighted by atomic mass is 9.88. The lowest BCUT2D eigenvalue weighted by Gasteiger charge is -2.23. The third-order valence-electron chi connectivity index (χ3n) is 8.45. The third kappa shape index (κ3) is 6.93. The molecule has 0 heterocycles. The van der Waals surface area contributed by atoms with Gasteiger partial charge in [-0.05, 0) is 93.0 Å². The molecule has 1 aliphatic carbocycles. The zero-order chi connectivity index (χ0) is 34.9. The molecular formula is C36H36N4O4S4. The van der Waals surface area contributed by atoms with Crippen LogP contribution in [0.3, 0.4) is 0 Å². The van der Waals surface area contributed by atoms with Gasteiger partial charge in [-0.3, -0.25) is 0 Å². The zero-order valence-electron chi connectivity index (χ0n) is 27.0. The van der Waals surface area contributed by atoms with Gasteiger partial charge in [0.15, 0.2) is 0 Å². The van der Waals surface area contributed by atoms with Gasteiger partial charge in [0.1, 0.15) is 43.0 Å². The van der Waals surface area contributed by atoms with Crippen LogP contribution in [0.4, 0.5) is 0 Å². The molecule has 4 aromatic carbocycles. The second-order valence-corrected chi connectivity index (χ2v) is 13.2. The van der Waals surface area contributed by atoms with E-state index in [-0.39, 0.29) is 20.0 Å². The van der Waals surface area contributed by atoms with Crippen LogP contribution in [-0.2, 0) is 25.7 Å². The van der Waals surface area contributed by atoms with E-state index in [2.05, 4.69) is 0 Å². The summed E-state index contributed by atoms with van der Waals surface area (Å²) in [5.41, 5.74) is 34.4. The number of thiocarbonyl (C=S) groups is 4. The molecule has 0 unspecified atom stereocenters. The first-order valence-corrected chi connectivity index (χ1v) is 16.5. The van der Waals surface area contributed by atoms with Crippen LogP contribution in [0, 0.1) is 0 Å². The van der Waals surface area contributed by atoms with E-state index in [4.69, 9.17) is 90.8 Å². The van der Waals surface area contributed by atoms with Crippen molar-refractivity contribution in [2.24, 2.45) is 22.9 Å². The van der Waals surface area contributed by atoms with Gasteiger partial charge in [-0.2, -0.15) is 0 Å². The van der Waals surface area contributed by atoms with Gasteiger partial charge >= 0.3 is 0 Å². The first kappa shape index (κ1) is 35.0. The van der Waals surface area contributed by atoms with Gasteiger partial charge in [0.2, 0.25) is 0 Å². The van der Waals surface area contributed by atoms with Crippen LogP contribution in [-0.4, -0.2) is 48.4 Å². The summed E-state index contributed by atoms with van der Waals surface area (Å²) in [4.78, 5) is 1.01. The van der Waals surface area contributed by atoms with Crippen LogP contribution in [0.2, 0.25) is 0 Å². The van der Waals surface area contributed by atoms with Crippen LogP contribution in [0.5, 0.6) is 23.0 Å². The van der Waals surface area contributed by atoms with Crippen molar-refractivity contribution in [2.45, 2.75) is 25.7 Å². The van der Waals surface area contributed by atoms with E-state index in [1.165, 1.54) is 0 Å². The van der Waals surface area contributed by atoms with E-state index in [1.54, 1.807) is 28.4 Å². The number of benzene rings is 4. The van der Waals surface area contributed by atoms with Gasteiger partial charge < -0.3 is 41.9 Å². The molecule has 8 nitrogen and oxygen atoms in total. The van der Waals surface area contributed by atoms with Crippen LogP contribution in [0.1, 0.15) is 66.8 Å². The molecule has 8 N–H and O–H groups in total. The predicted molar refractivity (Wildman–Crippen MR) is 207 cm³/mol. The number of rotatable bonds is 8. The molecule has 0 aliphatic heterocycles. The van der Waals surface area contributed by atoms with Crippen molar-refractivity contribution in [1.82, 2.24) is 0 Å². The largest absolute Gasteiger partial charge is 0.496 e. The topological polar surface area (TPSA) is 141 Å². The van der Waals surface area contributed by atoms with Gasteiger partial charge in [-0.15, -0.1) is 0 Å². The minimum Gasteiger partial charge on any atom is -0.496 e. The van der Waals surface area contributed by atoms with Gasteiger partial charge in [-0.1, -0.05) is 48.9 Å². The molecular weight excluding hydrogens is 681 g/mol. The number of fused-ring (bicyclic) bond motifs is 8. The quantitative estimate of drug-likeness (QED) is 0.162. The third-order valence-corrected chi connectivity index (χ3v) is 9.39. The molecule has 48 heavy (non-hydrogen) atoms. The van der Waals surface area contributed by atoms with Gasteiger partial charge in [0, 0.05) is 47.9 Å². The SMILES string of the molecule is COc1c2cc(C(N)=S)cc1Cc1cc(C(N)=S)cc(c1OC)Cc1cc(C(N)=S)cc(c1OC)Cc1cc(C(N)=S)cc(c1OC)C2. The standard InChI is InChI=1S/C36H36N4O4S4/c1-41-29-17-5-19-11-26(34(38)46)13-21(30(19)42-2)7-23-15-28(36(40)48)16-24(32(23)44-4)8-22-14-27(35(39)47)12-20(31(22)43-3)6-18(29)10-25(9-17)33(37)45/h9-16H,5-8H2,1-4H3,(H2,37,45)(H2,38,46)(H2,39,47)(H2,40,48). The van der Waals surface area contributed by atoms with E-state index in [0.717, 1.165) is 44.5 Å². The molecule has 0 spiro atoms. The highest BCUT2D eigenvalue weighted by Gasteiger charge is 2.24. The molecule has 4 aromatic rings. The minimum atomic E-state index is 0.253. The first-order valence-electron chi connectivity index (χ1n) is 14.9. The number of hydrogen-bond donors (Lipinski definition) is 4. The first-order chi connectivity index (χ1) is 22.9. The molecule has 12 heteroatoms. The Morgan fingerprint density at radius 3 is 0.625 bits per heavy atom. The number of methoxy groups -OCH3 is 4. The van der Waals surface area contributed by atoms with Crippen LogP contribution in [0.25, 0.3) is 0 Å². The maximum Gasteiger partial charge on any atom is 0.125 e. The highest BCUT2D eigenvalue weighted by molar-refractivity contribution is 7.81. The Hall–Kier alpha value is -4.36. The van der Waals surface area contributed by atoms with Crippen LogP contribution < -0.4 is 41.9 Å². The van der Waals surface area contributed by atoms with Crippen molar-refractivity contribution in [3.63, 3.8) is 0 Å². The molecule has 0 radical (unpaired) electrons. The molecule has 8 bridgehead atoms. The Kier molecular flexibility index (Phi) is 10.5. The van der Waals surface area contributed by atoms with Gasteiger partial charge in [0.05, 0.1) is 28.4 Å². The van der Waals surface area contributed by atoms with Crippen molar-refractivity contribution in [2.75, 3.05) is 28.4 Å². The molecule has 248 valence electrons. The second kappa shape index (κ2) is 14.4. The average Bonchev–Trinajstić information content (AvgIpc) is 3.03. The predicted octanol–water partition coefficient (Wildman–Crippen LogP) is 4.93. The monoisotopic (exact) mass is 716 g/mol. The lowest BCUT2D eigenvalue weighted by molar-refractivity contribution is 0.395. The maximum absolute atomic E-state index is 6.22. The van der Waals surface area contributed by atoms with Crippen molar-refractivity contribution in [3.8, 4) is 23.0 Å². The van der Waals surface area contributed by atoms with Crippen molar-refractivity contribution >= 4 is 68.8 Å². The summed E-state index contributed by atoms with van der Waals surface area (Å²) in [6, 6.07) is 15.5. The van der Waals surface area contributed by atoms with Crippen LogP contribution >= 0.6 is 48.9 Å². The second-order valence-electron chi connectivity index (χ2n) is 11.5. The van der Waals surface area contributed by atoms with Crippen molar-refractivity contribution in [1.29, 1.82) is 0 Å². The van der Waals surface area contributed by atoms with Crippen LogP contribution in [0.15, 0.2) is 48.5 Å². The van der Waals surface area contributed by atoms with E-state index in [0.29, 0.717) is 70.9 Å².